The van der Waals surface area contributed by atoms with Gasteiger partial charge in [0.25, 0.3) is 0 Å². The first-order chi connectivity index (χ1) is 14.6. The van der Waals surface area contributed by atoms with Gasteiger partial charge in [-0.15, -0.1) is 0 Å². The van der Waals surface area contributed by atoms with Gasteiger partial charge in [0.2, 0.25) is 5.82 Å². The van der Waals surface area contributed by atoms with Crippen LogP contribution in [0.4, 0.5) is 27.6 Å². The van der Waals surface area contributed by atoms with E-state index >= 15 is 8.78 Å². The maximum atomic E-state index is 15.1. The van der Waals surface area contributed by atoms with Gasteiger partial charge in [-0.25, -0.2) is 22.0 Å². The van der Waals surface area contributed by atoms with Gasteiger partial charge in [-0.1, -0.05) is 59.7 Å². The molecule has 2 aromatic carbocycles. The smallest absolute Gasteiger partial charge is 0.200 e. The summed E-state index contributed by atoms with van der Waals surface area (Å²) in [5.74, 6) is -9.25. The van der Waals surface area contributed by atoms with Gasteiger partial charge in [-0.05, 0) is 48.6 Å². The maximum absolute atomic E-state index is 15.1. The standard InChI is InChI=1S/C26H32F5N/c1-13(2)15-10-9-11-16(14(3)4)23(15)32-24(25(5,6)12-26(32,7)8)17-18(27)20(29)22(31)21(30)19(17)28/h9-11,13-14,24H,12H2,1-8H3. The Bertz CT molecular complexity index is 984. The largest absolute Gasteiger partial charge is 0.358 e. The molecule has 0 spiro atoms. The molecule has 1 saturated heterocycles. The van der Waals surface area contributed by atoms with Crippen LogP contribution in [0, 0.1) is 34.5 Å². The summed E-state index contributed by atoms with van der Waals surface area (Å²) >= 11 is 0. The van der Waals surface area contributed by atoms with Crippen molar-refractivity contribution >= 4 is 5.69 Å². The average molecular weight is 454 g/mol. The fourth-order valence-electron chi connectivity index (χ4n) is 5.60. The van der Waals surface area contributed by atoms with Crippen molar-refractivity contribution in [2.45, 2.75) is 85.2 Å². The van der Waals surface area contributed by atoms with Crippen molar-refractivity contribution in [2.24, 2.45) is 5.41 Å². The van der Waals surface area contributed by atoms with E-state index in [1.54, 1.807) is 0 Å². The average Bonchev–Trinajstić information content (AvgIpc) is 2.87. The van der Waals surface area contributed by atoms with Gasteiger partial charge in [0.15, 0.2) is 23.3 Å². The predicted octanol–water partition coefficient (Wildman–Crippen LogP) is 8.39. The van der Waals surface area contributed by atoms with Gasteiger partial charge in [0, 0.05) is 11.2 Å². The van der Waals surface area contributed by atoms with Crippen molar-refractivity contribution in [3.63, 3.8) is 0 Å². The van der Waals surface area contributed by atoms with E-state index in [-0.39, 0.29) is 11.8 Å². The highest BCUT2D eigenvalue weighted by Crippen LogP contribution is 2.58. The number of para-hydroxylation sites is 1. The summed E-state index contributed by atoms with van der Waals surface area (Å²) in [7, 11) is 0. The third kappa shape index (κ3) is 3.69. The fourth-order valence-corrected chi connectivity index (χ4v) is 5.60. The molecule has 176 valence electrons. The second-order valence-corrected chi connectivity index (χ2v) is 10.8. The van der Waals surface area contributed by atoms with Gasteiger partial charge in [0.1, 0.15) is 0 Å². The van der Waals surface area contributed by atoms with Crippen LogP contribution in [0.1, 0.15) is 96.4 Å². The van der Waals surface area contributed by atoms with Crippen LogP contribution in [0.2, 0.25) is 0 Å². The summed E-state index contributed by atoms with van der Waals surface area (Å²) in [6, 6.07) is 4.86. The second kappa shape index (κ2) is 8.03. The van der Waals surface area contributed by atoms with E-state index in [0.717, 1.165) is 16.8 Å². The number of nitrogens with zero attached hydrogens (tertiary/aromatic N) is 1. The van der Waals surface area contributed by atoms with Crippen LogP contribution in [0.5, 0.6) is 0 Å². The van der Waals surface area contributed by atoms with Crippen LogP contribution in [0.3, 0.4) is 0 Å². The third-order valence-electron chi connectivity index (χ3n) is 6.64. The third-order valence-corrected chi connectivity index (χ3v) is 6.64. The first-order valence-corrected chi connectivity index (χ1v) is 11.1. The van der Waals surface area contributed by atoms with Crippen LogP contribution in [-0.2, 0) is 0 Å². The number of anilines is 1. The van der Waals surface area contributed by atoms with E-state index < -0.39 is 51.6 Å². The molecule has 6 heteroatoms. The summed E-state index contributed by atoms with van der Waals surface area (Å²) < 4.78 is 72.6. The van der Waals surface area contributed by atoms with Gasteiger partial charge in [-0.3, -0.25) is 0 Å². The summed E-state index contributed by atoms with van der Waals surface area (Å²) in [4.78, 5) is 1.91. The van der Waals surface area contributed by atoms with Crippen LogP contribution in [0.25, 0.3) is 0 Å². The Morgan fingerprint density at radius 3 is 1.56 bits per heavy atom. The summed E-state index contributed by atoms with van der Waals surface area (Å²) in [6.07, 6.45) is 0.508. The molecule has 0 aliphatic carbocycles. The Morgan fingerprint density at radius 2 is 1.16 bits per heavy atom. The zero-order valence-electron chi connectivity index (χ0n) is 20.0. The molecule has 0 bridgehead atoms. The lowest BCUT2D eigenvalue weighted by atomic mass is 9.78. The SMILES string of the molecule is CC(C)c1cccc(C(C)C)c1N1C(c2c(F)c(F)c(F)c(F)c2F)C(C)(C)CC1(C)C. The van der Waals surface area contributed by atoms with E-state index in [4.69, 9.17) is 0 Å². The molecule has 1 unspecified atom stereocenters. The molecule has 2 aromatic rings. The fraction of sp³-hybridized carbons (Fsp3) is 0.538. The highest BCUT2D eigenvalue weighted by Gasteiger charge is 2.54. The Kier molecular flexibility index (Phi) is 6.16. The summed E-state index contributed by atoms with van der Waals surface area (Å²) in [6.45, 7) is 15.7. The topological polar surface area (TPSA) is 3.24 Å². The highest BCUT2D eigenvalue weighted by molar-refractivity contribution is 5.66. The number of rotatable bonds is 4. The molecule has 32 heavy (non-hydrogen) atoms. The molecule has 0 N–H and O–H groups in total. The molecule has 3 rings (SSSR count). The Hall–Kier alpha value is -2.11. The summed E-state index contributed by atoms with van der Waals surface area (Å²) in [5, 5.41) is 0. The molecule has 1 heterocycles. The van der Waals surface area contributed by atoms with E-state index in [1.807, 2.05) is 78.5 Å². The first-order valence-electron chi connectivity index (χ1n) is 11.1. The van der Waals surface area contributed by atoms with Crippen molar-refractivity contribution in [3.05, 3.63) is 64.0 Å². The van der Waals surface area contributed by atoms with Crippen molar-refractivity contribution in [1.82, 2.24) is 0 Å². The van der Waals surface area contributed by atoms with Crippen molar-refractivity contribution in [1.29, 1.82) is 0 Å². The van der Waals surface area contributed by atoms with Gasteiger partial charge >= 0.3 is 0 Å². The Morgan fingerprint density at radius 1 is 0.750 bits per heavy atom. The molecule has 1 atom stereocenters. The molecule has 0 saturated carbocycles. The maximum Gasteiger partial charge on any atom is 0.200 e. The molecule has 1 fully saturated rings. The lowest BCUT2D eigenvalue weighted by Crippen LogP contribution is -2.42. The normalized spacial score (nSPS) is 20.0. The first kappa shape index (κ1) is 24.5. The van der Waals surface area contributed by atoms with E-state index in [9.17, 15) is 13.2 Å². The van der Waals surface area contributed by atoms with Crippen LogP contribution < -0.4 is 4.90 Å². The van der Waals surface area contributed by atoms with E-state index in [1.165, 1.54) is 0 Å². The molecule has 0 amide bonds. The van der Waals surface area contributed by atoms with E-state index in [2.05, 4.69) is 0 Å². The van der Waals surface area contributed by atoms with E-state index in [0.29, 0.717) is 6.42 Å². The van der Waals surface area contributed by atoms with Crippen LogP contribution in [-0.4, -0.2) is 5.54 Å². The lowest BCUT2D eigenvalue weighted by molar-refractivity contribution is 0.294. The zero-order valence-corrected chi connectivity index (χ0v) is 20.0. The van der Waals surface area contributed by atoms with Crippen LogP contribution >= 0.6 is 0 Å². The van der Waals surface area contributed by atoms with Gasteiger partial charge in [0.05, 0.1) is 11.6 Å². The quantitative estimate of drug-likeness (QED) is 0.255. The second-order valence-electron chi connectivity index (χ2n) is 10.8. The minimum Gasteiger partial charge on any atom is -0.358 e. The van der Waals surface area contributed by atoms with Crippen LogP contribution in [0.15, 0.2) is 18.2 Å². The lowest BCUT2D eigenvalue weighted by Gasteiger charge is -2.43. The van der Waals surface area contributed by atoms with Crippen molar-refractivity contribution in [3.8, 4) is 0 Å². The van der Waals surface area contributed by atoms with Gasteiger partial charge in [-0.2, -0.15) is 0 Å². The number of halogens is 5. The molecule has 1 nitrogen and oxygen atoms in total. The monoisotopic (exact) mass is 453 g/mol. The molecule has 1 aliphatic rings. The minimum atomic E-state index is -2.13. The zero-order chi connectivity index (χ0) is 24.3. The number of hydrogen-bond donors (Lipinski definition) is 0. The highest BCUT2D eigenvalue weighted by atomic mass is 19.2. The summed E-state index contributed by atoms with van der Waals surface area (Å²) in [5.41, 5.74) is 0.669. The molecule has 1 aliphatic heterocycles. The molecular weight excluding hydrogens is 421 g/mol. The Labute approximate surface area is 187 Å². The van der Waals surface area contributed by atoms with Gasteiger partial charge < -0.3 is 4.90 Å². The Balaban J connectivity index is 2.45. The predicted molar refractivity (Wildman–Crippen MR) is 119 cm³/mol. The number of hydrogen-bond acceptors (Lipinski definition) is 1. The molecular formula is C26H32F5N. The van der Waals surface area contributed by atoms with Crippen molar-refractivity contribution < 1.29 is 22.0 Å². The number of benzene rings is 2. The van der Waals surface area contributed by atoms with Crippen molar-refractivity contribution in [2.75, 3.05) is 4.90 Å². The molecule has 0 aromatic heterocycles. The molecule has 0 radical (unpaired) electrons. The minimum absolute atomic E-state index is 0.0975.